The Labute approximate surface area is 103 Å². The molecule has 0 saturated carbocycles. The van der Waals surface area contributed by atoms with Gasteiger partial charge in [-0.05, 0) is 25.8 Å². The number of likely N-dealkylation sites (N-methyl/N-ethyl adjacent to an activating group) is 1. The summed E-state index contributed by atoms with van der Waals surface area (Å²) in [6.07, 6.45) is 3.62. The first-order valence-corrected chi connectivity index (χ1v) is 7.19. The standard InChI is InChI=1S/C13H24N2S/c1-5-7-10(3)13(14-6-2)8-12-9-16-11(4)15-12/h9-10,13-14H,5-8H2,1-4H3. The van der Waals surface area contributed by atoms with Crippen LogP contribution in [0.15, 0.2) is 5.38 Å². The third kappa shape index (κ3) is 4.22. The van der Waals surface area contributed by atoms with E-state index in [9.17, 15) is 0 Å². The van der Waals surface area contributed by atoms with Crippen LogP contribution in [0.4, 0.5) is 0 Å². The number of hydrogen-bond acceptors (Lipinski definition) is 3. The predicted molar refractivity (Wildman–Crippen MR) is 72.1 cm³/mol. The largest absolute Gasteiger partial charge is 0.314 e. The number of nitrogens with zero attached hydrogens (tertiary/aromatic N) is 1. The number of aryl methyl sites for hydroxylation is 1. The van der Waals surface area contributed by atoms with Gasteiger partial charge in [0.1, 0.15) is 0 Å². The highest BCUT2D eigenvalue weighted by Crippen LogP contribution is 2.17. The summed E-state index contributed by atoms with van der Waals surface area (Å²) < 4.78 is 0. The van der Waals surface area contributed by atoms with Crippen molar-refractivity contribution < 1.29 is 0 Å². The van der Waals surface area contributed by atoms with E-state index in [4.69, 9.17) is 0 Å². The number of nitrogens with one attached hydrogen (secondary N) is 1. The lowest BCUT2D eigenvalue weighted by Crippen LogP contribution is -2.36. The summed E-state index contributed by atoms with van der Waals surface area (Å²) >= 11 is 1.75. The molecule has 1 aromatic heterocycles. The van der Waals surface area contributed by atoms with Crippen LogP contribution in [-0.4, -0.2) is 17.6 Å². The molecule has 0 saturated heterocycles. The average Bonchev–Trinajstić information content (AvgIpc) is 2.64. The van der Waals surface area contributed by atoms with E-state index in [1.54, 1.807) is 11.3 Å². The summed E-state index contributed by atoms with van der Waals surface area (Å²) in [6, 6.07) is 0.575. The van der Waals surface area contributed by atoms with Crippen LogP contribution in [0.5, 0.6) is 0 Å². The molecular weight excluding hydrogens is 216 g/mol. The Morgan fingerprint density at radius 1 is 1.44 bits per heavy atom. The molecule has 2 nitrogen and oxygen atoms in total. The van der Waals surface area contributed by atoms with Crippen molar-refractivity contribution in [1.82, 2.24) is 10.3 Å². The zero-order valence-corrected chi connectivity index (χ0v) is 11.7. The van der Waals surface area contributed by atoms with Crippen molar-refractivity contribution in [2.45, 2.75) is 53.0 Å². The van der Waals surface area contributed by atoms with Crippen molar-refractivity contribution in [3.05, 3.63) is 16.1 Å². The molecule has 0 amide bonds. The fourth-order valence-electron chi connectivity index (χ4n) is 2.12. The molecule has 0 bridgehead atoms. The van der Waals surface area contributed by atoms with Gasteiger partial charge in [-0.15, -0.1) is 11.3 Å². The number of rotatable bonds is 7. The molecule has 0 aliphatic heterocycles. The van der Waals surface area contributed by atoms with E-state index in [1.807, 2.05) is 0 Å². The van der Waals surface area contributed by atoms with Gasteiger partial charge in [0.2, 0.25) is 0 Å². The molecule has 0 aliphatic rings. The third-order valence-electron chi connectivity index (χ3n) is 2.99. The van der Waals surface area contributed by atoms with Crippen LogP contribution in [0, 0.1) is 12.8 Å². The molecule has 92 valence electrons. The molecule has 0 aromatic carbocycles. The van der Waals surface area contributed by atoms with E-state index in [0.717, 1.165) is 18.9 Å². The van der Waals surface area contributed by atoms with Crippen molar-refractivity contribution in [2.75, 3.05) is 6.54 Å². The second kappa shape index (κ2) is 7.02. The highest BCUT2D eigenvalue weighted by atomic mass is 32.1. The van der Waals surface area contributed by atoms with Gasteiger partial charge in [0.05, 0.1) is 10.7 Å². The molecule has 2 atom stereocenters. The Bertz CT molecular complexity index is 296. The summed E-state index contributed by atoms with van der Waals surface area (Å²) in [5.41, 5.74) is 1.25. The van der Waals surface area contributed by atoms with E-state index >= 15 is 0 Å². The lowest BCUT2D eigenvalue weighted by Gasteiger charge is -2.23. The van der Waals surface area contributed by atoms with Crippen molar-refractivity contribution in [1.29, 1.82) is 0 Å². The maximum absolute atomic E-state index is 4.55. The number of hydrogen-bond donors (Lipinski definition) is 1. The molecule has 1 rings (SSSR count). The van der Waals surface area contributed by atoms with Crippen molar-refractivity contribution in [2.24, 2.45) is 5.92 Å². The minimum Gasteiger partial charge on any atom is -0.314 e. The van der Waals surface area contributed by atoms with Crippen LogP contribution >= 0.6 is 11.3 Å². The fourth-order valence-corrected chi connectivity index (χ4v) is 2.75. The summed E-state index contributed by atoms with van der Waals surface area (Å²) in [4.78, 5) is 4.55. The van der Waals surface area contributed by atoms with Gasteiger partial charge in [0.25, 0.3) is 0 Å². The second-order valence-electron chi connectivity index (χ2n) is 4.49. The Morgan fingerprint density at radius 2 is 2.19 bits per heavy atom. The van der Waals surface area contributed by atoms with Crippen molar-refractivity contribution in [3.8, 4) is 0 Å². The molecule has 0 aliphatic carbocycles. The monoisotopic (exact) mass is 240 g/mol. The van der Waals surface area contributed by atoms with E-state index in [1.165, 1.54) is 23.5 Å². The lowest BCUT2D eigenvalue weighted by molar-refractivity contribution is 0.356. The van der Waals surface area contributed by atoms with Crippen LogP contribution in [-0.2, 0) is 6.42 Å². The Hall–Kier alpha value is -0.410. The second-order valence-corrected chi connectivity index (χ2v) is 5.55. The van der Waals surface area contributed by atoms with Gasteiger partial charge in [-0.1, -0.05) is 27.2 Å². The lowest BCUT2D eigenvalue weighted by atomic mass is 9.93. The van der Waals surface area contributed by atoms with Gasteiger partial charge in [0.15, 0.2) is 0 Å². The maximum Gasteiger partial charge on any atom is 0.0897 e. The summed E-state index contributed by atoms with van der Waals surface area (Å²) in [6.45, 7) is 9.90. The normalized spacial score (nSPS) is 15.0. The first-order valence-electron chi connectivity index (χ1n) is 6.31. The van der Waals surface area contributed by atoms with Gasteiger partial charge in [-0.25, -0.2) is 4.98 Å². The van der Waals surface area contributed by atoms with Crippen molar-refractivity contribution in [3.63, 3.8) is 0 Å². The maximum atomic E-state index is 4.55. The Morgan fingerprint density at radius 3 is 2.69 bits per heavy atom. The van der Waals surface area contributed by atoms with Crippen LogP contribution < -0.4 is 5.32 Å². The molecule has 1 heterocycles. The minimum atomic E-state index is 0.575. The number of thiazole rings is 1. The molecule has 3 heteroatoms. The first-order chi connectivity index (χ1) is 7.67. The first kappa shape index (κ1) is 13.7. The molecule has 16 heavy (non-hydrogen) atoms. The Kier molecular flexibility index (Phi) is 5.99. The van der Waals surface area contributed by atoms with Gasteiger partial charge >= 0.3 is 0 Å². The third-order valence-corrected chi connectivity index (χ3v) is 3.82. The molecule has 1 aromatic rings. The average molecular weight is 240 g/mol. The molecule has 0 fully saturated rings. The van der Waals surface area contributed by atoms with E-state index in [2.05, 4.69) is 43.4 Å². The van der Waals surface area contributed by atoms with Gasteiger partial charge in [0, 0.05) is 17.8 Å². The predicted octanol–water partition coefficient (Wildman–Crippen LogP) is 3.41. The van der Waals surface area contributed by atoms with Gasteiger partial charge in [-0.2, -0.15) is 0 Å². The number of aromatic nitrogens is 1. The van der Waals surface area contributed by atoms with Crippen LogP contribution in [0.2, 0.25) is 0 Å². The molecular formula is C13H24N2S. The zero-order chi connectivity index (χ0) is 12.0. The fraction of sp³-hybridized carbons (Fsp3) is 0.769. The van der Waals surface area contributed by atoms with E-state index in [0.29, 0.717) is 6.04 Å². The molecule has 0 spiro atoms. The minimum absolute atomic E-state index is 0.575. The Balaban J connectivity index is 2.56. The van der Waals surface area contributed by atoms with E-state index in [-0.39, 0.29) is 0 Å². The quantitative estimate of drug-likeness (QED) is 0.790. The van der Waals surface area contributed by atoms with Crippen molar-refractivity contribution >= 4 is 11.3 Å². The summed E-state index contributed by atoms with van der Waals surface area (Å²) in [5.74, 6) is 0.729. The summed E-state index contributed by atoms with van der Waals surface area (Å²) in [5, 5.41) is 6.96. The molecule has 1 N–H and O–H groups in total. The van der Waals surface area contributed by atoms with Crippen LogP contribution in [0.1, 0.15) is 44.3 Å². The van der Waals surface area contributed by atoms with Gasteiger partial charge in [-0.3, -0.25) is 0 Å². The van der Waals surface area contributed by atoms with E-state index < -0.39 is 0 Å². The summed E-state index contributed by atoms with van der Waals surface area (Å²) in [7, 11) is 0. The highest BCUT2D eigenvalue weighted by Gasteiger charge is 2.17. The van der Waals surface area contributed by atoms with Crippen LogP contribution in [0.25, 0.3) is 0 Å². The smallest absolute Gasteiger partial charge is 0.0897 e. The molecule has 0 radical (unpaired) electrons. The van der Waals surface area contributed by atoms with Gasteiger partial charge < -0.3 is 5.32 Å². The highest BCUT2D eigenvalue weighted by molar-refractivity contribution is 7.09. The topological polar surface area (TPSA) is 24.9 Å². The van der Waals surface area contributed by atoms with Crippen LogP contribution in [0.3, 0.4) is 0 Å². The SMILES string of the molecule is CCCC(C)C(Cc1csc(C)n1)NCC. The molecule has 2 unspecified atom stereocenters. The zero-order valence-electron chi connectivity index (χ0n) is 10.9.